The van der Waals surface area contributed by atoms with E-state index in [1.807, 2.05) is 23.9 Å². The lowest BCUT2D eigenvalue weighted by molar-refractivity contribution is -0.385. The molecule has 0 aliphatic heterocycles. The predicted molar refractivity (Wildman–Crippen MR) is 75.0 cm³/mol. The third-order valence-electron chi connectivity index (χ3n) is 3.49. The van der Waals surface area contributed by atoms with Crippen molar-refractivity contribution in [3.05, 3.63) is 39.4 Å². The van der Waals surface area contributed by atoms with E-state index in [2.05, 4.69) is 11.6 Å². The molecule has 1 fully saturated rings. The summed E-state index contributed by atoms with van der Waals surface area (Å²) in [5.41, 5.74) is 1.90. The highest BCUT2D eigenvalue weighted by atomic mass is 32.2. The number of nitro groups is 1. The van der Waals surface area contributed by atoms with E-state index in [-0.39, 0.29) is 10.6 Å². The van der Waals surface area contributed by atoms with Gasteiger partial charge in [0.1, 0.15) is 0 Å². The Kier molecular flexibility index (Phi) is 3.92. The van der Waals surface area contributed by atoms with E-state index >= 15 is 0 Å². The Bertz CT molecular complexity index is 458. The van der Waals surface area contributed by atoms with Crippen LogP contribution < -0.4 is 5.32 Å². The molecule has 1 aliphatic rings. The summed E-state index contributed by atoms with van der Waals surface area (Å²) >= 11 is 1.91. The van der Waals surface area contributed by atoms with Crippen molar-refractivity contribution >= 4 is 17.4 Å². The first kappa shape index (κ1) is 13.4. The van der Waals surface area contributed by atoms with Crippen molar-refractivity contribution in [2.24, 2.45) is 0 Å². The third-order valence-corrected chi connectivity index (χ3v) is 4.91. The van der Waals surface area contributed by atoms with Gasteiger partial charge in [-0.05, 0) is 31.6 Å². The normalized spacial score (nSPS) is 16.6. The molecule has 2 rings (SSSR count). The molecular formula is C13H18N2O2S. The molecule has 1 N–H and O–H groups in total. The molecule has 0 spiro atoms. The van der Waals surface area contributed by atoms with Crippen LogP contribution in [0.3, 0.4) is 0 Å². The molecule has 1 saturated carbocycles. The monoisotopic (exact) mass is 266 g/mol. The predicted octanol–water partition coefficient (Wildman–Crippen LogP) is 2.89. The van der Waals surface area contributed by atoms with Gasteiger partial charge >= 0.3 is 0 Å². The van der Waals surface area contributed by atoms with Crippen LogP contribution in [-0.4, -0.2) is 22.5 Å². The number of rotatable bonds is 6. The lowest BCUT2D eigenvalue weighted by atomic mass is 10.1. The number of hydrogen-bond acceptors (Lipinski definition) is 4. The van der Waals surface area contributed by atoms with Crippen LogP contribution in [0.15, 0.2) is 18.2 Å². The van der Waals surface area contributed by atoms with Crippen molar-refractivity contribution < 1.29 is 4.92 Å². The number of nitrogens with one attached hydrogen (secondary N) is 1. The first-order valence-corrected chi connectivity index (χ1v) is 7.29. The van der Waals surface area contributed by atoms with E-state index in [4.69, 9.17) is 0 Å². The Morgan fingerprint density at radius 2 is 2.22 bits per heavy atom. The third kappa shape index (κ3) is 3.03. The molecule has 4 nitrogen and oxygen atoms in total. The van der Waals surface area contributed by atoms with Crippen molar-refractivity contribution in [2.75, 3.05) is 12.8 Å². The standard InChI is InChI=1S/C13H18N2O2S/c1-10-3-4-11(7-12(10)15(16)17)8-14-9-13(18-2)5-6-13/h3-4,7,14H,5-6,8-9H2,1-2H3. The molecule has 0 heterocycles. The summed E-state index contributed by atoms with van der Waals surface area (Å²) in [6, 6.07) is 5.44. The van der Waals surface area contributed by atoms with Crippen LogP contribution in [-0.2, 0) is 6.54 Å². The second kappa shape index (κ2) is 5.28. The zero-order valence-corrected chi connectivity index (χ0v) is 11.5. The number of hydrogen-bond donors (Lipinski definition) is 1. The lowest BCUT2D eigenvalue weighted by Crippen LogP contribution is -2.25. The Morgan fingerprint density at radius 1 is 1.50 bits per heavy atom. The fraction of sp³-hybridized carbons (Fsp3) is 0.538. The number of nitro benzene ring substituents is 1. The molecular weight excluding hydrogens is 248 g/mol. The van der Waals surface area contributed by atoms with Crippen LogP contribution >= 0.6 is 11.8 Å². The molecule has 0 aromatic heterocycles. The highest BCUT2D eigenvalue weighted by Crippen LogP contribution is 2.46. The van der Waals surface area contributed by atoms with Gasteiger partial charge in [0.2, 0.25) is 0 Å². The molecule has 0 unspecified atom stereocenters. The van der Waals surface area contributed by atoms with Gasteiger partial charge in [-0.25, -0.2) is 0 Å². The largest absolute Gasteiger partial charge is 0.311 e. The van der Waals surface area contributed by atoms with E-state index in [1.165, 1.54) is 12.8 Å². The van der Waals surface area contributed by atoms with Gasteiger partial charge in [0.25, 0.3) is 5.69 Å². The maximum absolute atomic E-state index is 10.8. The summed E-state index contributed by atoms with van der Waals surface area (Å²) < 4.78 is 0.427. The molecule has 0 saturated heterocycles. The molecule has 0 amide bonds. The van der Waals surface area contributed by atoms with E-state index in [1.54, 1.807) is 13.0 Å². The maximum Gasteiger partial charge on any atom is 0.272 e. The van der Waals surface area contributed by atoms with Gasteiger partial charge in [0.05, 0.1) is 4.92 Å². The SMILES string of the molecule is CSC1(CNCc2ccc(C)c([N+](=O)[O-])c2)CC1. The first-order valence-electron chi connectivity index (χ1n) is 6.06. The van der Waals surface area contributed by atoms with E-state index < -0.39 is 0 Å². The second-order valence-corrected chi connectivity index (χ2v) is 6.14. The van der Waals surface area contributed by atoms with Gasteiger partial charge in [-0.1, -0.05) is 12.1 Å². The minimum Gasteiger partial charge on any atom is -0.311 e. The minimum atomic E-state index is -0.316. The maximum atomic E-state index is 10.8. The van der Waals surface area contributed by atoms with Crippen molar-refractivity contribution in [3.63, 3.8) is 0 Å². The quantitative estimate of drug-likeness (QED) is 0.635. The van der Waals surface area contributed by atoms with E-state index in [0.717, 1.165) is 12.1 Å². The van der Waals surface area contributed by atoms with Gasteiger partial charge in [-0.2, -0.15) is 11.8 Å². The lowest BCUT2D eigenvalue weighted by Gasteiger charge is -2.13. The smallest absolute Gasteiger partial charge is 0.272 e. The molecule has 0 bridgehead atoms. The van der Waals surface area contributed by atoms with Crippen molar-refractivity contribution in [2.45, 2.75) is 31.1 Å². The Morgan fingerprint density at radius 3 is 2.78 bits per heavy atom. The van der Waals surface area contributed by atoms with Gasteiger partial charge in [0, 0.05) is 29.5 Å². The van der Waals surface area contributed by atoms with Crippen molar-refractivity contribution in [3.8, 4) is 0 Å². The van der Waals surface area contributed by atoms with Gasteiger partial charge in [0.15, 0.2) is 0 Å². The van der Waals surface area contributed by atoms with Crippen LogP contribution in [0.5, 0.6) is 0 Å². The molecule has 1 aromatic carbocycles. The Labute approximate surface area is 111 Å². The fourth-order valence-corrected chi connectivity index (χ4v) is 2.75. The Hall–Kier alpha value is -1.07. The average molecular weight is 266 g/mol. The number of aryl methyl sites for hydroxylation is 1. The summed E-state index contributed by atoms with van der Waals surface area (Å²) in [4.78, 5) is 10.5. The van der Waals surface area contributed by atoms with E-state index in [0.29, 0.717) is 16.9 Å². The average Bonchev–Trinajstić information content (AvgIpc) is 3.11. The van der Waals surface area contributed by atoms with Crippen LogP contribution in [0.4, 0.5) is 5.69 Å². The first-order chi connectivity index (χ1) is 8.56. The molecule has 98 valence electrons. The zero-order valence-electron chi connectivity index (χ0n) is 10.7. The molecule has 1 aromatic rings. The summed E-state index contributed by atoms with van der Waals surface area (Å²) in [7, 11) is 0. The molecule has 0 radical (unpaired) electrons. The van der Waals surface area contributed by atoms with Crippen LogP contribution in [0, 0.1) is 17.0 Å². The fourth-order valence-electron chi connectivity index (χ4n) is 1.99. The second-order valence-electron chi connectivity index (χ2n) is 4.87. The van der Waals surface area contributed by atoms with Gasteiger partial charge < -0.3 is 5.32 Å². The summed E-state index contributed by atoms with van der Waals surface area (Å²) in [5.74, 6) is 0. The highest BCUT2D eigenvalue weighted by Gasteiger charge is 2.41. The van der Waals surface area contributed by atoms with Crippen LogP contribution in [0.1, 0.15) is 24.0 Å². The van der Waals surface area contributed by atoms with Crippen LogP contribution in [0.25, 0.3) is 0 Å². The summed E-state index contributed by atoms with van der Waals surface area (Å²) in [5, 5.41) is 14.2. The summed E-state index contributed by atoms with van der Waals surface area (Å²) in [6.07, 6.45) is 4.69. The minimum absolute atomic E-state index is 0.209. The number of benzene rings is 1. The molecule has 0 atom stereocenters. The molecule has 1 aliphatic carbocycles. The van der Waals surface area contributed by atoms with Crippen LogP contribution in [0.2, 0.25) is 0 Å². The Balaban J connectivity index is 1.93. The van der Waals surface area contributed by atoms with E-state index in [9.17, 15) is 10.1 Å². The number of thioether (sulfide) groups is 1. The van der Waals surface area contributed by atoms with Gasteiger partial charge in [-0.15, -0.1) is 0 Å². The number of nitrogens with zero attached hydrogens (tertiary/aromatic N) is 1. The van der Waals surface area contributed by atoms with Gasteiger partial charge in [-0.3, -0.25) is 10.1 Å². The zero-order chi connectivity index (χ0) is 13.2. The summed E-state index contributed by atoms with van der Waals surface area (Å²) in [6.45, 7) is 3.45. The van der Waals surface area contributed by atoms with Crippen molar-refractivity contribution in [1.29, 1.82) is 0 Å². The topological polar surface area (TPSA) is 55.2 Å². The molecule has 18 heavy (non-hydrogen) atoms. The van der Waals surface area contributed by atoms with Crippen molar-refractivity contribution in [1.82, 2.24) is 5.32 Å². The highest BCUT2D eigenvalue weighted by molar-refractivity contribution is 8.00. The molecule has 5 heteroatoms.